The van der Waals surface area contributed by atoms with Gasteiger partial charge in [-0.1, -0.05) is 13.8 Å². The Labute approximate surface area is 103 Å². The third kappa shape index (κ3) is 5.54. The van der Waals surface area contributed by atoms with Crippen LogP contribution in [-0.2, 0) is 4.79 Å². The second-order valence-corrected chi connectivity index (χ2v) is 4.68. The van der Waals surface area contributed by atoms with Crippen molar-refractivity contribution in [1.82, 2.24) is 10.6 Å². The standard InChI is InChI=1S/C13H22N2O2/c1-10(2)8-15-13(16)4-6-14-11(3)12-5-7-17-9-12/h5,7,9-11,14H,4,6,8H2,1-3H3,(H,15,16). The highest BCUT2D eigenvalue weighted by Crippen LogP contribution is 2.11. The minimum Gasteiger partial charge on any atom is -0.472 e. The van der Waals surface area contributed by atoms with Gasteiger partial charge in [0, 0.05) is 31.1 Å². The maximum atomic E-state index is 11.4. The molecular formula is C13H22N2O2. The molecule has 1 amide bonds. The van der Waals surface area contributed by atoms with Crippen LogP contribution in [0.5, 0.6) is 0 Å². The van der Waals surface area contributed by atoms with Crippen molar-refractivity contribution < 1.29 is 9.21 Å². The van der Waals surface area contributed by atoms with Crippen LogP contribution in [0.15, 0.2) is 23.0 Å². The van der Waals surface area contributed by atoms with Crippen LogP contribution in [0.3, 0.4) is 0 Å². The minimum atomic E-state index is 0.102. The van der Waals surface area contributed by atoms with Crippen molar-refractivity contribution in [2.24, 2.45) is 5.92 Å². The molecule has 1 rings (SSSR count). The third-order valence-electron chi connectivity index (χ3n) is 2.55. The Morgan fingerprint density at radius 1 is 1.41 bits per heavy atom. The van der Waals surface area contributed by atoms with Crippen LogP contribution in [0.1, 0.15) is 38.8 Å². The van der Waals surface area contributed by atoms with E-state index in [1.165, 1.54) is 0 Å². The molecule has 4 nitrogen and oxygen atoms in total. The summed E-state index contributed by atoms with van der Waals surface area (Å²) in [4.78, 5) is 11.4. The molecule has 0 radical (unpaired) electrons. The lowest BCUT2D eigenvalue weighted by molar-refractivity contribution is -0.121. The fraction of sp³-hybridized carbons (Fsp3) is 0.615. The maximum Gasteiger partial charge on any atom is 0.221 e. The molecule has 1 aromatic heterocycles. The second-order valence-electron chi connectivity index (χ2n) is 4.68. The predicted molar refractivity (Wildman–Crippen MR) is 67.6 cm³/mol. The van der Waals surface area contributed by atoms with Gasteiger partial charge in [0.25, 0.3) is 0 Å². The van der Waals surface area contributed by atoms with Gasteiger partial charge in [0.2, 0.25) is 5.91 Å². The molecule has 0 spiro atoms. The molecule has 0 aliphatic heterocycles. The van der Waals surface area contributed by atoms with Gasteiger partial charge in [0.1, 0.15) is 0 Å². The van der Waals surface area contributed by atoms with Crippen LogP contribution < -0.4 is 10.6 Å². The molecule has 96 valence electrons. The fourth-order valence-corrected chi connectivity index (χ4v) is 1.45. The molecule has 0 aromatic carbocycles. The molecular weight excluding hydrogens is 216 g/mol. The van der Waals surface area contributed by atoms with Crippen molar-refractivity contribution >= 4 is 5.91 Å². The fourth-order valence-electron chi connectivity index (χ4n) is 1.45. The van der Waals surface area contributed by atoms with Crippen LogP contribution in [0.2, 0.25) is 0 Å². The van der Waals surface area contributed by atoms with E-state index in [0.717, 1.165) is 12.1 Å². The molecule has 0 aliphatic rings. The van der Waals surface area contributed by atoms with Gasteiger partial charge in [-0.05, 0) is 18.9 Å². The average molecular weight is 238 g/mol. The Bertz CT molecular complexity index is 320. The van der Waals surface area contributed by atoms with Crippen LogP contribution in [-0.4, -0.2) is 19.0 Å². The van der Waals surface area contributed by atoms with E-state index in [-0.39, 0.29) is 11.9 Å². The van der Waals surface area contributed by atoms with E-state index in [2.05, 4.69) is 31.4 Å². The first-order valence-electron chi connectivity index (χ1n) is 6.11. The van der Waals surface area contributed by atoms with Crippen LogP contribution in [0.25, 0.3) is 0 Å². The number of carbonyl (C=O) groups is 1. The Hall–Kier alpha value is -1.29. The second kappa shape index (κ2) is 7.12. The Morgan fingerprint density at radius 2 is 2.18 bits per heavy atom. The largest absolute Gasteiger partial charge is 0.472 e. The number of hydrogen-bond donors (Lipinski definition) is 2. The van der Waals surface area contributed by atoms with Gasteiger partial charge < -0.3 is 15.1 Å². The van der Waals surface area contributed by atoms with Crippen molar-refractivity contribution in [3.8, 4) is 0 Å². The Balaban J connectivity index is 2.13. The summed E-state index contributed by atoms with van der Waals surface area (Å²) in [6.07, 6.45) is 3.88. The molecule has 1 aromatic rings. The van der Waals surface area contributed by atoms with Crippen LogP contribution >= 0.6 is 0 Å². The first-order valence-corrected chi connectivity index (χ1v) is 6.11. The minimum absolute atomic E-state index is 0.102. The van der Waals surface area contributed by atoms with Crippen molar-refractivity contribution in [1.29, 1.82) is 0 Å². The number of furan rings is 1. The molecule has 17 heavy (non-hydrogen) atoms. The Kier molecular flexibility index (Phi) is 5.77. The predicted octanol–water partition coefficient (Wildman–Crippen LogP) is 2.09. The van der Waals surface area contributed by atoms with Crippen LogP contribution in [0.4, 0.5) is 0 Å². The highest BCUT2D eigenvalue weighted by Gasteiger charge is 2.07. The van der Waals surface area contributed by atoms with E-state index in [1.54, 1.807) is 12.5 Å². The highest BCUT2D eigenvalue weighted by molar-refractivity contribution is 5.76. The molecule has 4 heteroatoms. The Morgan fingerprint density at radius 3 is 2.76 bits per heavy atom. The van der Waals surface area contributed by atoms with E-state index in [0.29, 0.717) is 18.9 Å². The lowest BCUT2D eigenvalue weighted by Gasteiger charge is -2.12. The number of carbonyl (C=O) groups excluding carboxylic acids is 1. The third-order valence-corrected chi connectivity index (χ3v) is 2.55. The summed E-state index contributed by atoms with van der Waals surface area (Å²) in [6.45, 7) is 7.64. The van der Waals surface area contributed by atoms with Gasteiger partial charge in [0.05, 0.1) is 12.5 Å². The summed E-state index contributed by atoms with van der Waals surface area (Å²) in [7, 11) is 0. The topological polar surface area (TPSA) is 54.3 Å². The van der Waals surface area contributed by atoms with Gasteiger partial charge in [-0.25, -0.2) is 0 Å². The molecule has 0 saturated heterocycles. The monoisotopic (exact) mass is 238 g/mol. The molecule has 0 fully saturated rings. The summed E-state index contributed by atoms with van der Waals surface area (Å²) in [5, 5.41) is 6.18. The van der Waals surface area contributed by atoms with Crippen molar-refractivity contribution in [3.63, 3.8) is 0 Å². The molecule has 0 saturated carbocycles. The quantitative estimate of drug-likeness (QED) is 0.764. The number of amides is 1. The molecule has 1 atom stereocenters. The molecule has 1 unspecified atom stereocenters. The van der Waals surface area contributed by atoms with Crippen molar-refractivity contribution in [3.05, 3.63) is 24.2 Å². The highest BCUT2D eigenvalue weighted by atomic mass is 16.3. The number of rotatable bonds is 7. The van der Waals surface area contributed by atoms with E-state index < -0.39 is 0 Å². The maximum absolute atomic E-state index is 11.4. The van der Waals surface area contributed by atoms with Gasteiger partial charge in [-0.3, -0.25) is 4.79 Å². The lowest BCUT2D eigenvalue weighted by Crippen LogP contribution is -2.31. The summed E-state index contributed by atoms with van der Waals surface area (Å²) < 4.78 is 5.01. The smallest absolute Gasteiger partial charge is 0.221 e. The van der Waals surface area contributed by atoms with E-state index in [1.807, 2.05) is 6.07 Å². The normalized spacial score (nSPS) is 12.7. The van der Waals surface area contributed by atoms with E-state index in [9.17, 15) is 4.79 Å². The summed E-state index contributed by atoms with van der Waals surface area (Å²) in [5.41, 5.74) is 1.10. The van der Waals surface area contributed by atoms with E-state index in [4.69, 9.17) is 4.42 Å². The molecule has 0 bridgehead atoms. The zero-order valence-electron chi connectivity index (χ0n) is 10.8. The summed E-state index contributed by atoms with van der Waals surface area (Å²) in [6, 6.07) is 2.14. The first-order chi connectivity index (χ1) is 8.09. The van der Waals surface area contributed by atoms with Crippen molar-refractivity contribution in [2.75, 3.05) is 13.1 Å². The molecule has 0 aliphatic carbocycles. The zero-order chi connectivity index (χ0) is 12.7. The van der Waals surface area contributed by atoms with Gasteiger partial charge >= 0.3 is 0 Å². The zero-order valence-corrected chi connectivity index (χ0v) is 10.8. The van der Waals surface area contributed by atoms with Crippen LogP contribution in [0, 0.1) is 5.92 Å². The molecule has 1 heterocycles. The molecule has 2 N–H and O–H groups in total. The number of nitrogens with one attached hydrogen (secondary N) is 2. The lowest BCUT2D eigenvalue weighted by atomic mass is 10.2. The first kappa shape index (κ1) is 13.8. The van der Waals surface area contributed by atoms with Gasteiger partial charge in [0.15, 0.2) is 0 Å². The van der Waals surface area contributed by atoms with Gasteiger partial charge in [-0.15, -0.1) is 0 Å². The summed E-state index contributed by atoms with van der Waals surface area (Å²) >= 11 is 0. The summed E-state index contributed by atoms with van der Waals surface area (Å²) in [5.74, 6) is 0.599. The SMILES string of the molecule is CC(C)CNC(=O)CCNC(C)c1ccoc1. The van der Waals surface area contributed by atoms with Crippen molar-refractivity contribution in [2.45, 2.75) is 33.2 Å². The number of hydrogen-bond acceptors (Lipinski definition) is 3. The van der Waals surface area contributed by atoms with E-state index >= 15 is 0 Å². The average Bonchev–Trinajstić information content (AvgIpc) is 2.79. The van der Waals surface area contributed by atoms with Gasteiger partial charge in [-0.2, -0.15) is 0 Å².